The van der Waals surface area contributed by atoms with Crippen LogP contribution in [0, 0.1) is 11.6 Å². The van der Waals surface area contributed by atoms with Crippen molar-refractivity contribution < 1.29 is 18.3 Å². The first-order valence-electron chi connectivity index (χ1n) is 6.97. The second kappa shape index (κ2) is 7.55. The van der Waals surface area contributed by atoms with Gasteiger partial charge in [0.1, 0.15) is 5.75 Å². The van der Waals surface area contributed by atoms with Crippen molar-refractivity contribution in [1.82, 2.24) is 4.90 Å². The summed E-state index contributed by atoms with van der Waals surface area (Å²) in [4.78, 5) is 13.6. The predicted molar refractivity (Wildman–Crippen MR) is 87.2 cm³/mol. The molecule has 2 rings (SSSR count). The normalized spacial score (nSPS) is 11.9. The fraction of sp³-hybridized carbons (Fsp3) is 0.235. The number of benzene rings is 2. The van der Waals surface area contributed by atoms with Gasteiger partial charge < -0.3 is 9.64 Å². The van der Waals surface area contributed by atoms with E-state index < -0.39 is 17.7 Å². The zero-order chi connectivity index (χ0) is 17.0. The first-order chi connectivity index (χ1) is 10.9. The Hall–Kier alpha value is -1.95. The number of nitrogens with zero attached hydrogens (tertiary/aromatic N) is 1. The highest BCUT2D eigenvalue weighted by atomic mass is 79.9. The summed E-state index contributed by atoms with van der Waals surface area (Å²) in [5, 5.41) is 0. The summed E-state index contributed by atoms with van der Waals surface area (Å²) in [7, 11) is 1.60. The van der Waals surface area contributed by atoms with E-state index in [4.69, 9.17) is 4.74 Å². The molecule has 0 spiro atoms. The van der Waals surface area contributed by atoms with Crippen molar-refractivity contribution in [2.24, 2.45) is 0 Å². The van der Waals surface area contributed by atoms with E-state index in [2.05, 4.69) is 15.9 Å². The maximum absolute atomic E-state index is 13.3. The molecule has 1 unspecified atom stereocenters. The number of rotatable bonds is 5. The van der Waals surface area contributed by atoms with E-state index in [-0.39, 0.29) is 12.5 Å². The van der Waals surface area contributed by atoms with Crippen LogP contribution in [0.3, 0.4) is 0 Å². The van der Waals surface area contributed by atoms with Gasteiger partial charge in [0.05, 0.1) is 6.04 Å². The van der Waals surface area contributed by atoms with Gasteiger partial charge in [0.2, 0.25) is 0 Å². The highest BCUT2D eigenvalue weighted by molar-refractivity contribution is 9.10. The molecule has 0 aliphatic rings. The Morgan fingerprint density at radius 3 is 2.43 bits per heavy atom. The van der Waals surface area contributed by atoms with Crippen LogP contribution in [0.25, 0.3) is 0 Å². The van der Waals surface area contributed by atoms with Gasteiger partial charge in [0, 0.05) is 11.5 Å². The highest BCUT2D eigenvalue weighted by Gasteiger charge is 2.19. The molecule has 0 radical (unpaired) electrons. The average molecular weight is 384 g/mol. The molecule has 0 saturated heterocycles. The largest absolute Gasteiger partial charge is 0.484 e. The molecular weight excluding hydrogens is 368 g/mol. The van der Waals surface area contributed by atoms with Gasteiger partial charge in [-0.05, 0) is 48.9 Å². The zero-order valence-electron chi connectivity index (χ0n) is 12.7. The van der Waals surface area contributed by atoms with E-state index >= 15 is 0 Å². The van der Waals surface area contributed by atoms with E-state index in [0.29, 0.717) is 11.3 Å². The fourth-order valence-corrected chi connectivity index (χ4v) is 2.25. The minimum atomic E-state index is -0.929. The Bertz CT molecular complexity index is 691. The minimum absolute atomic E-state index is 0.133. The molecule has 0 aromatic heterocycles. The molecule has 6 heteroatoms. The Kier molecular flexibility index (Phi) is 5.71. The molecule has 0 bridgehead atoms. The van der Waals surface area contributed by atoms with E-state index in [9.17, 15) is 13.6 Å². The van der Waals surface area contributed by atoms with Crippen LogP contribution in [0.5, 0.6) is 5.75 Å². The smallest absolute Gasteiger partial charge is 0.260 e. The number of amides is 1. The molecular formula is C17H16BrF2NO2. The van der Waals surface area contributed by atoms with Crippen LogP contribution >= 0.6 is 15.9 Å². The van der Waals surface area contributed by atoms with Crippen LogP contribution in [-0.2, 0) is 4.79 Å². The van der Waals surface area contributed by atoms with E-state index in [0.717, 1.165) is 16.6 Å². The third-order valence-electron chi connectivity index (χ3n) is 3.58. The molecule has 23 heavy (non-hydrogen) atoms. The summed E-state index contributed by atoms with van der Waals surface area (Å²) in [6.07, 6.45) is 0. The summed E-state index contributed by atoms with van der Waals surface area (Å²) in [5.74, 6) is -1.52. The summed E-state index contributed by atoms with van der Waals surface area (Å²) in [6.45, 7) is 1.61. The van der Waals surface area contributed by atoms with Crippen LogP contribution in [0.15, 0.2) is 46.9 Å². The van der Waals surface area contributed by atoms with Gasteiger partial charge in [-0.1, -0.05) is 22.0 Å². The first kappa shape index (κ1) is 17.4. The lowest BCUT2D eigenvalue weighted by Crippen LogP contribution is -2.33. The zero-order valence-corrected chi connectivity index (χ0v) is 14.3. The van der Waals surface area contributed by atoms with E-state index in [1.807, 2.05) is 12.1 Å². The Morgan fingerprint density at radius 2 is 1.83 bits per heavy atom. The van der Waals surface area contributed by atoms with E-state index in [1.54, 1.807) is 26.1 Å². The third kappa shape index (κ3) is 4.51. The Labute approximate surface area is 142 Å². The van der Waals surface area contributed by atoms with E-state index in [1.165, 1.54) is 11.0 Å². The lowest BCUT2D eigenvalue weighted by Gasteiger charge is -2.25. The van der Waals surface area contributed by atoms with Crippen molar-refractivity contribution in [3.63, 3.8) is 0 Å². The molecule has 0 fully saturated rings. The van der Waals surface area contributed by atoms with Crippen LogP contribution in [0.4, 0.5) is 8.78 Å². The van der Waals surface area contributed by atoms with Gasteiger partial charge in [-0.15, -0.1) is 0 Å². The monoisotopic (exact) mass is 383 g/mol. The third-order valence-corrected chi connectivity index (χ3v) is 4.11. The molecule has 1 amide bonds. The molecule has 2 aromatic carbocycles. The number of hydrogen-bond donors (Lipinski definition) is 0. The van der Waals surface area contributed by atoms with Gasteiger partial charge >= 0.3 is 0 Å². The topological polar surface area (TPSA) is 29.5 Å². The SMILES string of the molecule is CC(c1ccc(F)c(F)c1)N(C)C(=O)COc1ccc(Br)cc1. The maximum atomic E-state index is 13.3. The number of ether oxygens (including phenoxy) is 1. The fourth-order valence-electron chi connectivity index (χ4n) is 1.99. The first-order valence-corrected chi connectivity index (χ1v) is 7.76. The number of carbonyl (C=O) groups is 1. The molecule has 1 atom stereocenters. The summed E-state index contributed by atoms with van der Waals surface area (Å²) < 4.78 is 32.6. The standard InChI is InChI=1S/C17H16BrF2NO2/c1-11(12-3-8-15(19)16(20)9-12)21(2)17(22)10-23-14-6-4-13(18)5-7-14/h3-9,11H,10H2,1-2H3. The summed E-state index contributed by atoms with van der Waals surface area (Å²) in [5.41, 5.74) is 0.517. The minimum Gasteiger partial charge on any atom is -0.484 e. The molecule has 2 aromatic rings. The van der Waals surface area contributed by atoms with Crippen LogP contribution in [-0.4, -0.2) is 24.5 Å². The average Bonchev–Trinajstić information content (AvgIpc) is 2.55. The summed E-state index contributed by atoms with van der Waals surface area (Å²) in [6, 6.07) is 10.3. The van der Waals surface area contributed by atoms with Crippen molar-refractivity contribution in [3.8, 4) is 5.75 Å². The van der Waals surface area contributed by atoms with Gasteiger partial charge in [-0.3, -0.25) is 4.79 Å². The number of likely N-dealkylation sites (N-methyl/N-ethyl adjacent to an activating group) is 1. The number of hydrogen-bond acceptors (Lipinski definition) is 2. The maximum Gasteiger partial charge on any atom is 0.260 e. The quantitative estimate of drug-likeness (QED) is 0.768. The molecule has 122 valence electrons. The lowest BCUT2D eigenvalue weighted by molar-refractivity contribution is -0.134. The number of halogens is 3. The highest BCUT2D eigenvalue weighted by Crippen LogP contribution is 2.21. The molecule has 0 saturated carbocycles. The Balaban J connectivity index is 1.97. The van der Waals surface area contributed by atoms with Crippen molar-refractivity contribution >= 4 is 21.8 Å². The van der Waals surface area contributed by atoms with Crippen molar-refractivity contribution in [2.75, 3.05) is 13.7 Å². The van der Waals surface area contributed by atoms with Crippen molar-refractivity contribution in [3.05, 3.63) is 64.1 Å². The lowest BCUT2D eigenvalue weighted by atomic mass is 10.1. The van der Waals surface area contributed by atoms with Crippen LogP contribution in [0.1, 0.15) is 18.5 Å². The van der Waals surface area contributed by atoms with Crippen molar-refractivity contribution in [1.29, 1.82) is 0 Å². The molecule has 0 N–H and O–H groups in total. The molecule has 0 heterocycles. The van der Waals surface area contributed by atoms with Gasteiger partial charge in [0.25, 0.3) is 5.91 Å². The number of carbonyl (C=O) groups excluding carboxylic acids is 1. The predicted octanol–water partition coefficient (Wildman–Crippen LogP) is 4.33. The van der Waals surface area contributed by atoms with Crippen LogP contribution < -0.4 is 4.74 Å². The summed E-state index contributed by atoms with van der Waals surface area (Å²) >= 11 is 3.32. The van der Waals surface area contributed by atoms with Gasteiger partial charge in [-0.25, -0.2) is 8.78 Å². The second-order valence-electron chi connectivity index (χ2n) is 5.10. The second-order valence-corrected chi connectivity index (χ2v) is 6.01. The van der Waals surface area contributed by atoms with Gasteiger partial charge in [-0.2, -0.15) is 0 Å². The van der Waals surface area contributed by atoms with Crippen molar-refractivity contribution in [2.45, 2.75) is 13.0 Å². The van der Waals surface area contributed by atoms with Gasteiger partial charge in [0.15, 0.2) is 18.2 Å². The molecule has 3 nitrogen and oxygen atoms in total. The van der Waals surface area contributed by atoms with Crippen LogP contribution in [0.2, 0.25) is 0 Å². The molecule has 0 aliphatic heterocycles. The Morgan fingerprint density at radius 1 is 1.17 bits per heavy atom. The molecule has 0 aliphatic carbocycles.